The minimum Gasteiger partial charge on any atom is -0.480 e. The number of phosphoric acid groups is 1. The van der Waals surface area contributed by atoms with E-state index in [-0.39, 0.29) is 38.2 Å². The van der Waals surface area contributed by atoms with Gasteiger partial charge in [0.05, 0.1) is 28.0 Å². The monoisotopic (exact) mass is 1260 g/mol. The van der Waals surface area contributed by atoms with Gasteiger partial charge in [0.1, 0.15) is 53.2 Å². The quantitative estimate of drug-likeness (QED) is 0.0223. The van der Waals surface area contributed by atoms with Gasteiger partial charge in [0.2, 0.25) is 28.6 Å². The summed E-state index contributed by atoms with van der Waals surface area (Å²) in [7, 11) is -14.1. The summed E-state index contributed by atoms with van der Waals surface area (Å²) in [6.07, 6.45) is -13.4. The summed E-state index contributed by atoms with van der Waals surface area (Å²) in [5.41, 5.74) is -6.90. The molecule has 7 rings (SSSR count). The van der Waals surface area contributed by atoms with Crippen molar-refractivity contribution in [3.8, 4) is 23.0 Å². The Morgan fingerprint density at radius 3 is 2.22 bits per heavy atom. The zero-order valence-corrected chi connectivity index (χ0v) is 46.1. The number of aliphatic carboxylic acids is 1. The van der Waals surface area contributed by atoms with Crippen LogP contribution in [0, 0.1) is 29.4 Å². The van der Waals surface area contributed by atoms with Crippen molar-refractivity contribution in [2.45, 2.75) is 93.4 Å². The third-order valence-electron chi connectivity index (χ3n) is 12.8. The molecule has 2 aliphatic rings. The maximum Gasteiger partial charge on any atom is 0.472 e. The van der Waals surface area contributed by atoms with Crippen LogP contribution >= 0.6 is 19.4 Å². The minimum atomic E-state index is -5.26. The van der Waals surface area contributed by atoms with E-state index in [1.54, 1.807) is 4.72 Å². The summed E-state index contributed by atoms with van der Waals surface area (Å²) in [5, 5.41) is 17.9. The summed E-state index contributed by atoms with van der Waals surface area (Å²) in [6, 6.07) is 4.51. The number of nitrogens with zero attached hydrogens (tertiary/aromatic N) is 6. The summed E-state index contributed by atoms with van der Waals surface area (Å²) < 4.78 is 219. The molecule has 3 aromatic heterocycles. The predicted octanol–water partition coefficient (Wildman–Crippen LogP) is 6.61. The Balaban J connectivity index is 1.31. The molecule has 0 unspecified atom stereocenters. The Kier molecular flexibility index (Phi) is 17.9. The van der Waals surface area contributed by atoms with Gasteiger partial charge in [-0.05, 0) is 80.8 Å². The van der Waals surface area contributed by atoms with Crippen molar-refractivity contribution in [1.29, 1.82) is 0 Å². The highest BCUT2D eigenvalue weighted by atomic mass is 35.5. The third-order valence-corrected chi connectivity index (χ3v) is 16.7. The number of benzene rings is 2. The molecule has 450 valence electrons. The van der Waals surface area contributed by atoms with E-state index in [4.69, 9.17) is 21.4 Å². The van der Waals surface area contributed by atoms with Crippen molar-refractivity contribution >= 4 is 74.1 Å². The van der Waals surface area contributed by atoms with E-state index < -0.39 is 206 Å². The number of carboxylic acids is 1. The molecule has 3 atom stereocenters. The average Bonchev–Trinajstić information content (AvgIpc) is 1.55. The number of alkyl halides is 8. The predicted molar refractivity (Wildman–Crippen MR) is 266 cm³/mol. The fourth-order valence-corrected chi connectivity index (χ4v) is 10.7. The molecule has 1 saturated carbocycles. The molecule has 2 aromatic carbocycles. The van der Waals surface area contributed by atoms with E-state index in [1.807, 2.05) is 0 Å². The highest BCUT2D eigenvalue weighted by Crippen LogP contribution is 2.68. The number of fused-ring (bicyclic) bond motifs is 4. The smallest absolute Gasteiger partial charge is 0.472 e. The van der Waals surface area contributed by atoms with Gasteiger partial charge in [-0.25, -0.2) is 44.5 Å². The number of carbonyl (C=O) groups is 4. The third kappa shape index (κ3) is 15.3. The fraction of sp³-hybridized carbons (Fsp3) is 0.426. The lowest BCUT2D eigenvalue weighted by atomic mass is 9.93. The Hall–Kier alpha value is -6.89. The Morgan fingerprint density at radius 2 is 1.61 bits per heavy atom. The van der Waals surface area contributed by atoms with E-state index >= 15 is 8.78 Å². The van der Waals surface area contributed by atoms with E-state index in [0.29, 0.717) is 11.0 Å². The molecule has 5 aromatic rings. The van der Waals surface area contributed by atoms with Crippen LogP contribution in [0.4, 0.5) is 48.7 Å². The molecule has 83 heavy (non-hydrogen) atoms. The maximum atomic E-state index is 15.6. The summed E-state index contributed by atoms with van der Waals surface area (Å²) in [5.74, 6) is -9.69. The summed E-state index contributed by atoms with van der Waals surface area (Å²) in [6.45, 7) is -3.98. The van der Waals surface area contributed by atoms with Gasteiger partial charge in [0.25, 0.3) is 5.92 Å². The Bertz CT molecular complexity index is 3770. The van der Waals surface area contributed by atoms with Gasteiger partial charge in [-0.3, -0.25) is 33.4 Å². The molecular formula is C47H44ClF10N8O14PS2. The lowest BCUT2D eigenvalue weighted by molar-refractivity contribution is -0.143. The molecule has 36 heteroatoms. The van der Waals surface area contributed by atoms with Crippen molar-refractivity contribution in [3.63, 3.8) is 0 Å². The largest absolute Gasteiger partial charge is 0.480 e. The molecular weight excluding hydrogens is 1220 g/mol. The van der Waals surface area contributed by atoms with Crippen LogP contribution in [0.1, 0.15) is 84.7 Å². The number of carboxylic acid groups (broad SMARTS) is 1. The van der Waals surface area contributed by atoms with Crippen LogP contribution in [0.25, 0.3) is 22.0 Å². The summed E-state index contributed by atoms with van der Waals surface area (Å²) in [4.78, 5) is 73.4. The van der Waals surface area contributed by atoms with Gasteiger partial charge in [0.15, 0.2) is 15.5 Å². The molecule has 22 nitrogen and oxygen atoms in total. The van der Waals surface area contributed by atoms with E-state index in [0.717, 1.165) is 42.7 Å². The number of aromatic nitrogens is 5. The van der Waals surface area contributed by atoms with Crippen LogP contribution < -0.4 is 10.0 Å². The van der Waals surface area contributed by atoms with Crippen molar-refractivity contribution < 1.29 is 109 Å². The van der Waals surface area contributed by atoms with Gasteiger partial charge < -0.3 is 24.9 Å². The number of amides is 3. The van der Waals surface area contributed by atoms with E-state index in [9.17, 15) is 80.8 Å². The number of sulfonamides is 1. The van der Waals surface area contributed by atoms with Crippen LogP contribution in [0.15, 0.2) is 42.5 Å². The number of sulfone groups is 1. The van der Waals surface area contributed by atoms with Crippen LogP contribution in [0.3, 0.4) is 0 Å². The Morgan fingerprint density at radius 1 is 0.964 bits per heavy atom. The number of carbonyl (C=O) groups excluding carboxylic acids is 3. The summed E-state index contributed by atoms with van der Waals surface area (Å²) >= 11 is 6.60. The van der Waals surface area contributed by atoms with Crippen LogP contribution in [0.2, 0.25) is 5.02 Å². The van der Waals surface area contributed by atoms with Gasteiger partial charge >= 0.3 is 32.2 Å². The molecule has 0 aliphatic heterocycles. The lowest BCUT2D eigenvalue weighted by Crippen LogP contribution is -2.38. The van der Waals surface area contributed by atoms with E-state index in [1.165, 1.54) is 13.8 Å². The molecule has 3 heterocycles. The molecule has 0 bridgehead atoms. The topological polar surface area (TPSA) is 309 Å². The molecule has 0 radical (unpaired) electrons. The van der Waals surface area contributed by atoms with Crippen LogP contribution in [-0.4, -0.2) is 122 Å². The SMILES string of the molecule is CC(C)(C#Cc1ccc(-c2ccc(Cl)c3c(CS(=O)(=O)NC(=O)CCCN(CC(=O)O)C(=O)OCOP(=O)(O)O)nn(CC(F)(F)F)c23)c([C@H](Cc2cc(F)cc(F)c2)NC(=O)Cn2nc(C(F)(F)F)c3c2C(F)(F)[C@@H]2C[C@H]32)n1)S(C)(=O)=O. The first-order chi connectivity index (χ1) is 38.1. The second-order valence-electron chi connectivity index (χ2n) is 19.5. The minimum absolute atomic E-state index is 0.160. The zero-order chi connectivity index (χ0) is 61.7. The first kappa shape index (κ1) is 63.7. The lowest BCUT2D eigenvalue weighted by Gasteiger charge is -2.23. The number of hydrogen-bond acceptors (Lipinski definition) is 14. The van der Waals surface area contributed by atoms with Crippen molar-refractivity contribution in [2.24, 2.45) is 5.92 Å². The molecule has 0 saturated heterocycles. The number of halogens is 11. The maximum absolute atomic E-state index is 15.6. The van der Waals surface area contributed by atoms with Gasteiger partial charge in [-0.2, -0.15) is 45.3 Å². The second-order valence-corrected chi connectivity index (χ2v) is 25.4. The standard InChI is InChI=1S/C47H44ClF10N8O14PS2/c1-44(2,82(3,75)76)11-10-26-6-7-27(39(59-26)32(15-23-13-24(49)16-25(50)14-23)60-35(68)18-65-42-37(41(62-65)47(56,57)58)29-17-30(29)46(42,54)55)28-8-9-31(48)38-33(61-66(40(28)38)21-45(51,52)53)20-83(77,78)63-34(67)5-4-12-64(19-36(69)70)43(71)79-22-80-81(72,73)74/h6-9,13-14,16,29-30,32H,4-5,12,15,17-22H2,1-3H3,(H,60,68)(H,63,67)(H,69,70)(H2,72,73,74)/t29-,30+,32-/m0/s1. The van der Waals surface area contributed by atoms with Gasteiger partial charge in [0, 0.05) is 53.3 Å². The molecule has 2 aliphatic carbocycles. The van der Waals surface area contributed by atoms with Crippen molar-refractivity contribution in [2.75, 3.05) is 26.1 Å². The molecule has 1 fully saturated rings. The number of pyridine rings is 1. The number of phosphoric ester groups is 1. The number of ether oxygens (including phenoxy) is 1. The molecule has 3 amide bonds. The first-order valence-corrected chi connectivity index (χ1v) is 29.3. The van der Waals surface area contributed by atoms with Crippen molar-refractivity contribution in [3.05, 3.63) is 98.7 Å². The second kappa shape index (κ2) is 23.3. The number of nitrogens with one attached hydrogen (secondary N) is 2. The number of hydrogen-bond donors (Lipinski definition) is 5. The Labute approximate surface area is 467 Å². The van der Waals surface area contributed by atoms with Gasteiger partial charge in [-0.15, -0.1) is 0 Å². The molecule has 5 N–H and O–H groups in total. The van der Waals surface area contributed by atoms with Crippen LogP contribution in [0.5, 0.6) is 0 Å². The first-order valence-electron chi connectivity index (χ1n) is 23.8. The van der Waals surface area contributed by atoms with Gasteiger partial charge in [-0.1, -0.05) is 23.6 Å². The highest BCUT2D eigenvalue weighted by molar-refractivity contribution is 7.92. The highest BCUT2D eigenvalue weighted by Gasteiger charge is 2.68. The normalized spacial score (nSPS) is 16.3. The average molecular weight is 1270 g/mol. The molecule has 0 spiro atoms. The van der Waals surface area contributed by atoms with Crippen molar-refractivity contribution in [1.82, 2.24) is 39.5 Å². The fourth-order valence-electron chi connectivity index (χ4n) is 8.96. The number of rotatable bonds is 21. The van der Waals surface area contributed by atoms with E-state index in [2.05, 4.69) is 41.6 Å². The zero-order valence-electron chi connectivity index (χ0n) is 42.8. The van der Waals surface area contributed by atoms with Crippen LogP contribution in [-0.2, 0) is 85.4 Å².